The summed E-state index contributed by atoms with van der Waals surface area (Å²) in [7, 11) is 0. The number of rotatable bonds is 1. The Kier molecular flexibility index (Phi) is 2.86. The predicted octanol–water partition coefficient (Wildman–Crippen LogP) is 1.22. The predicted molar refractivity (Wildman–Crippen MR) is 50.9 cm³/mol. The van der Waals surface area contributed by atoms with Gasteiger partial charge in [-0.15, -0.1) is 0 Å². The van der Waals surface area contributed by atoms with E-state index >= 15 is 0 Å². The molecule has 1 aliphatic rings. The minimum Gasteiger partial charge on any atom is -0.376 e. The van der Waals surface area contributed by atoms with Crippen LogP contribution in [0, 0.1) is 0 Å². The highest BCUT2D eigenvalue weighted by atomic mass is 32.1. The van der Waals surface area contributed by atoms with E-state index in [9.17, 15) is 0 Å². The van der Waals surface area contributed by atoms with Crippen molar-refractivity contribution in [3.63, 3.8) is 0 Å². The molecule has 0 amide bonds. The summed E-state index contributed by atoms with van der Waals surface area (Å²) in [5, 5.41) is 3.17. The average Bonchev–Trinajstić information content (AvgIpc) is 2.14. The summed E-state index contributed by atoms with van der Waals surface area (Å²) in [4.78, 5) is 0. The SMILES string of the molecule is NC(=S)NC1=CCC=CC=C1. The van der Waals surface area contributed by atoms with Crippen molar-refractivity contribution in [3.8, 4) is 0 Å². The number of hydrogen-bond donors (Lipinski definition) is 2. The average molecular weight is 166 g/mol. The highest BCUT2D eigenvalue weighted by Crippen LogP contribution is 2.00. The van der Waals surface area contributed by atoms with Gasteiger partial charge in [0, 0.05) is 5.70 Å². The molecule has 0 fully saturated rings. The highest BCUT2D eigenvalue weighted by molar-refractivity contribution is 7.80. The van der Waals surface area contributed by atoms with E-state index in [1.165, 1.54) is 0 Å². The third-order valence-corrected chi connectivity index (χ3v) is 1.37. The lowest BCUT2D eigenvalue weighted by atomic mass is 10.3. The third-order valence-electron chi connectivity index (χ3n) is 1.26. The molecule has 0 unspecified atom stereocenters. The van der Waals surface area contributed by atoms with Crippen LogP contribution in [0.5, 0.6) is 0 Å². The number of allylic oxidation sites excluding steroid dienone is 5. The highest BCUT2D eigenvalue weighted by Gasteiger charge is 1.92. The number of hydrogen-bond acceptors (Lipinski definition) is 1. The van der Waals surface area contributed by atoms with Gasteiger partial charge >= 0.3 is 0 Å². The van der Waals surface area contributed by atoms with Crippen molar-refractivity contribution >= 4 is 17.3 Å². The van der Waals surface area contributed by atoms with Crippen LogP contribution in [0.1, 0.15) is 6.42 Å². The molecule has 0 aromatic rings. The van der Waals surface area contributed by atoms with Gasteiger partial charge in [-0.05, 0) is 24.7 Å². The minimum absolute atomic E-state index is 0.308. The van der Waals surface area contributed by atoms with Gasteiger partial charge in [0.25, 0.3) is 0 Å². The maximum absolute atomic E-state index is 5.30. The zero-order valence-corrected chi connectivity index (χ0v) is 6.90. The van der Waals surface area contributed by atoms with Gasteiger partial charge in [0.1, 0.15) is 0 Å². The Morgan fingerprint density at radius 2 is 2.36 bits per heavy atom. The van der Waals surface area contributed by atoms with Crippen LogP contribution in [0.2, 0.25) is 0 Å². The van der Waals surface area contributed by atoms with Crippen molar-refractivity contribution in [2.24, 2.45) is 5.73 Å². The van der Waals surface area contributed by atoms with Crippen LogP contribution in [0.4, 0.5) is 0 Å². The van der Waals surface area contributed by atoms with E-state index in [1.54, 1.807) is 0 Å². The van der Waals surface area contributed by atoms with Crippen molar-refractivity contribution in [1.82, 2.24) is 5.32 Å². The lowest BCUT2D eigenvalue weighted by Gasteiger charge is -2.02. The van der Waals surface area contributed by atoms with Crippen molar-refractivity contribution in [2.45, 2.75) is 6.42 Å². The van der Waals surface area contributed by atoms with E-state index < -0.39 is 0 Å². The molecule has 58 valence electrons. The van der Waals surface area contributed by atoms with Gasteiger partial charge in [-0.3, -0.25) is 0 Å². The number of nitrogens with two attached hydrogens (primary N) is 1. The number of nitrogens with one attached hydrogen (secondary N) is 1. The fourth-order valence-corrected chi connectivity index (χ4v) is 0.932. The molecule has 1 aliphatic carbocycles. The van der Waals surface area contributed by atoms with E-state index in [1.807, 2.05) is 24.3 Å². The smallest absolute Gasteiger partial charge is 0.168 e. The molecule has 3 N–H and O–H groups in total. The third kappa shape index (κ3) is 3.00. The van der Waals surface area contributed by atoms with Crippen molar-refractivity contribution < 1.29 is 0 Å². The molecular weight excluding hydrogens is 156 g/mol. The number of thiocarbonyl (C=S) groups is 1. The Labute approximate surface area is 71.5 Å². The maximum atomic E-state index is 5.30. The van der Waals surface area contributed by atoms with Crippen LogP contribution in [-0.4, -0.2) is 5.11 Å². The maximum Gasteiger partial charge on any atom is 0.168 e. The van der Waals surface area contributed by atoms with Crippen LogP contribution in [0.25, 0.3) is 0 Å². The Morgan fingerprint density at radius 3 is 3.09 bits per heavy atom. The zero-order chi connectivity index (χ0) is 8.10. The Balaban J connectivity index is 2.58. The second-order valence-electron chi connectivity index (χ2n) is 2.17. The molecule has 3 heteroatoms. The molecular formula is C8H10N2S. The molecule has 0 atom stereocenters. The summed E-state index contributed by atoms with van der Waals surface area (Å²) in [6.07, 6.45) is 10.9. The second-order valence-corrected chi connectivity index (χ2v) is 2.61. The van der Waals surface area contributed by atoms with Gasteiger partial charge in [0.05, 0.1) is 0 Å². The first-order chi connectivity index (χ1) is 5.29. The van der Waals surface area contributed by atoms with E-state index in [0.29, 0.717) is 5.11 Å². The topological polar surface area (TPSA) is 38.0 Å². The molecule has 0 heterocycles. The Hall–Kier alpha value is -1.09. The van der Waals surface area contributed by atoms with Gasteiger partial charge in [-0.1, -0.05) is 24.3 Å². The Morgan fingerprint density at radius 1 is 1.55 bits per heavy atom. The summed E-state index contributed by atoms with van der Waals surface area (Å²) in [5.74, 6) is 0. The quantitative estimate of drug-likeness (QED) is 0.575. The lowest BCUT2D eigenvalue weighted by Crippen LogP contribution is -2.27. The molecule has 0 aliphatic heterocycles. The monoisotopic (exact) mass is 166 g/mol. The van der Waals surface area contributed by atoms with Gasteiger partial charge < -0.3 is 11.1 Å². The van der Waals surface area contributed by atoms with Crippen molar-refractivity contribution in [3.05, 3.63) is 36.1 Å². The van der Waals surface area contributed by atoms with Crippen molar-refractivity contribution in [1.29, 1.82) is 0 Å². The molecule has 0 aromatic carbocycles. The van der Waals surface area contributed by atoms with Crippen LogP contribution < -0.4 is 11.1 Å². The van der Waals surface area contributed by atoms with Gasteiger partial charge in [-0.25, -0.2) is 0 Å². The fraction of sp³-hybridized carbons (Fsp3) is 0.125. The summed E-state index contributed by atoms with van der Waals surface area (Å²) in [6, 6.07) is 0. The first kappa shape index (κ1) is 8.01. The molecule has 11 heavy (non-hydrogen) atoms. The summed E-state index contributed by atoms with van der Waals surface area (Å²) in [6.45, 7) is 0. The first-order valence-corrected chi connectivity index (χ1v) is 3.79. The molecule has 0 saturated carbocycles. The van der Waals surface area contributed by atoms with Crippen LogP contribution in [0.3, 0.4) is 0 Å². The molecule has 0 radical (unpaired) electrons. The molecule has 0 bridgehead atoms. The molecule has 0 saturated heterocycles. The molecule has 0 spiro atoms. The van der Waals surface area contributed by atoms with E-state index in [-0.39, 0.29) is 0 Å². The van der Waals surface area contributed by atoms with Crippen LogP contribution in [-0.2, 0) is 0 Å². The van der Waals surface area contributed by atoms with E-state index in [4.69, 9.17) is 18.0 Å². The normalized spacial score (nSPS) is 15.5. The largest absolute Gasteiger partial charge is 0.376 e. The standard InChI is InChI=1S/C8H10N2S/c9-8(11)10-7-5-3-1-2-4-6-7/h1-3,5-6H,4H2,(H3,9,10,11). The van der Waals surface area contributed by atoms with Crippen LogP contribution >= 0.6 is 12.2 Å². The van der Waals surface area contributed by atoms with E-state index in [0.717, 1.165) is 12.1 Å². The van der Waals surface area contributed by atoms with Crippen LogP contribution in [0.15, 0.2) is 36.1 Å². The lowest BCUT2D eigenvalue weighted by molar-refractivity contribution is 1.16. The summed E-state index contributed by atoms with van der Waals surface area (Å²) in [5.41, 5.74) is 6.26. The summed E-state index contributed by atoms with van der Waals surface area (Å²) < 4.78 is 0. The van der Waals surface area contributed by atoms with E-state index in [2.05, 4.69) is 11.4 Å². The molecule has 2 nitrogen and oxygen atoms in total. The van der Waals surface area contributed by atoms with Crippen molar-refractivity contribution in [2.75, 3.05) is 0 Å². The zero-order valence-electron chi connectivity index (χ0n) is 6.08. The second kappa shape index (κ2) is 3.93. The molecule has 1 rings (SSSR count). The van der Waals surface area contributed by atoms with Gasteiger partial charge in [0.15, 0.2) is 5.11 Å². The Bertz CT molecular complexity index is 238. The van der Waals surface area contributed by atoms with Gasteiger partial charge in [0.2, 0.25) is 0 Å². The first-order valence-electron chi connectivity index (χ1n) is 3.39. The summed E-state index contributed by atoms with van der Waals surface area (Å²) >= 11 is 4.69. The fourth-order valence-electron chi connectivity index (χ4n) is 0.814. The van der Waals surface area contributed by atoms with Gasteiger partial charge in [-0.2, -0.15) is 0 Å². The molecule has 0 aromatic heterocycles. The minimum atomic E-state index is 0.308.